The van der Waals surface area contributed by atoms with Crippen LogP contribution in [0.1, 0.15) is 13.3 Å². The van der Waals surface area contributed by atoms with Crippen LogP contribution in [-0.4, -0.2) is 5.84 Å². The monoisotopic (exact) mass is 272 g/mol. The first kappa shape index (κ1) is 13.6. The molecule has 0 spiro atoms. The van der Waals surface area contributed by atoms with E-state index in [-0.39, 0.29) is 0 Å². The standard InChI is InChI=1S/C16H17ClN2/c1-3-12-8-7-11(2)9-15(12)16(18)19-14-6-4-5-13(17)10-14/h3-8,10-11H,1,9H2,2H3,(H2,18,19). The van der Waals surface area contributed by atoms with Crippen LogP contribution in [0.2, 0.25) is 5.02 Å². The van der Waals surface area contributed by atoms with Gasteiger partial charge in [0.2, 0.25) is 0 Å². The SMILES string of the molecule is C=CC1=C(C(=N)Nc2cccc(Cl)c2)CC(C)C=C1. The van der Waals surface area contributed by atoms with Gasteiger partial charge in [-0.25, -0.2) is 0 Å². The van der Waals surface area contributed by atoms with Crippen LogP contribution >= 0.6 is 11.6 Å². The topological polar surface area (TPSA) is 35.9 Å². The van der Waals surface area contributed by atoms with Gasteiger partial charge >= 0.3 is 0 Å². The van der Waals surface area contributed by atoms with Crippen LogP contribution in [0.15, 0.2) is 60.2 Å². The van der Waals surface area contributed by atoms with Crippen molar-refractivity contribution in [2.75, 3.05) is 5.32 Å². The summed E-state index contributed by atoms with van der Waals surface area (Å²) in [5, 5.41) is 12.0. The zero-order chi connectivity index (χ0) is 13.8. The number of nitrogens with one attached hydrogen (secondary N) is 2. The summed E-state index contributed by atoms with van der Waals surface area (Å²) in [6, 6.07) is 7.39. The van der Waals surface area contributed by atoms with E-state index < -0.39 is 0 Å². The summed E-state index contributed by atoms with van der Waals surface area (Å²) in [4.78, 5) is 0. The molecule has 0 saturated heterocycles. The zero-order valence-corrected chi connectivity index (χ0v) is 11.7. The molecule has 1 atom stereocenters. The first-order valence-electron chi connectivity index (χ1n) is 6.25. The highest BCUT2D eigenvalue weighted by Gasteiger charge is 2.15. The molecule has 1 unspecified atom stereocenters. The molecule has 98 valence electrons. The summed E-state index contributed by atoms with van der Waals surface area (Å²) in [5.41, 5.74) is 2.83. The number of hydrogen-bond acceptors (Lipinski definition) is 1. The molecule has 0 amide bonds. The molecular weight excluding hydrogens is 256 g/mol. The minimum absolute atomic E-state index is 0.411. The molecule has 0 aromatic heterocycles. The molecule has 1 aliphatic carbocycles. The van der Waals surface area contributed by atoms with Gasteiger partial charge in [-0.3, -0.25) is 5.41 Å². The molecule has 19 heavy (non-hydrogen) atoms. The highest BCUT2D eigenvalue weighted by atomic mass is 35.5. The van der Waals surface area contributed by atoms with E-state index in [1.165, 1.54) is 0 Å². The molecule has 1 aliphatic rings. The van der Waals surface area contributed by atoms with E-state index in [0.717, 1.165) is 23.3 Å². The van der Waals surface area contributed by atoms with Crippen molar-refractivity contribution in [2.45, 2.75) is 13.3 Å². The number of halogens is 1. The lowest BCUT2D eigenvalue weighted by Gasteiger charge is -2.20. The first-order valence-corrected chi connectivity index (χ1v) is 6.63. The van der Waals surface area contributed by atoms with Crippen molar-refractivity contribution in [1.29, 1.82) is 5.41 Å². The molecule has 2 N–H and O–H groups in total. The van der Waals surface area contributed by atoms with E-state index in [2.05, 4.69) is 24.9 Å². The van der Waals surface area contributed by atoms with Crippen molar-refractivity contribution in [3.8, 4) is 0 Å². The zero-order valence-electron chi connectivity index (χ0n) is 10.9. The van der Waals surface area contributed by atoms with Gasteiger partial charge in [0.15, 0.2) is 0 Å². The van der Waals surface area contributed by atoms with Gasteiger partial charge in [-0.2, -0.15) is 0 Å². The van der Waals surface area contributed by atoms with Gasteiger partial charge in [0.25, 0.3) is 0 Å². The van der Waals surface area contributed by atoms with E-state index in [1.807, 2.05) is 30.3 Å². The van der Waals surface area contributed by atoms with Crippen LogP contribution in [0.25, 0.3) is 0 Å². The van der Waals surface area contributed by atoms with Crippen LogP contribution in [0.3, 0.4) is 0 Å². The minimum Gasteiger partial charge on any atom is -0.340 e. The lowest BCUT2D eigenvalue weighted by atomic mass is 9.90. The van der Waals surface area contributed by atoms with Gasteiger partial charge in [0.1, 0.15) is 5.84 Å². The Kier molecular flexibility index (Phi) is 4.23. The molecule has 0 fully saturated rings. The average Bonchev–Trinajstić information content (AvgIpc) is 2.38. The second-order valence-corrected chi connectivity index (χ2v) is 5.13. The fourth-order valence-corrected chi connectivity index (χ4v) is 2.29. The maximum absolute atomic E-state index is 8.22. The largest absolute Gasteiger partial charge is 0.340 e. The van der Waals surface area contributed by atoms with E-state index in [1.54, 1.807) is 6.08 Å². The quantitative estimate of drug-likeness (QED) is 0.601. The van der Waals surface area contributed by atoms with E-state index >= 15 is 0 Å². The number of benzene rings is 1. The maximum Gasteiger partial charge on any atom is 0.126 e. The highest BCUT2D eigenvalue weighted by Crippen LogP contribution is 2.25. The minimum atomic E-state index is 0.411. The third-order valence-electron chi connectivity index (χ3n) is 3.09. The Bertz CT molecular complexity index is 570. The molecule has 0 bridgehead atoms. The molecule has 0 aliphatic heterocycles. The van der Waals surface area contributed by atoms with Crippen molar-refractivity contribution >= 4 is 23.1 Å². The number of rotatable bonds is 3. The number of anilines is 1. The lowest BCUT2D eigenvalue weighted by molar-refractivity contribution is 0.718. The number of allylic oxidation sites excluding steroid dienone is 4. The van der Waals surface area contributed by atoms with Crippen molar-refractivity contribution in [1.82, 2.24) is 0 Å². The third-order valence-corrected chi connectivity index (χ3v) is 3.33. The van der Waals surface area contributed by atoms with Crippen molar-refractivity contribution in [2.24, 2.45) is 5.92 Å². The van der Waals surface area contributed by atoms with Gasteiger partial charge in [0.05, 0.1) is 0 Å². The van der Waals surface area contributed by atoms with Crippen LogP contribution in [0.4, 0.5) is 5.69 Å². The predicted octanol–water partition coefficient (Wildman–Crippen LogP) is 4.81. The molecule has 1 aromatic rings. The van der Waals surface area contributed by atoms with Crippen LogP contribution < -0.4 is 5.32 Å². The van der Waals surface area contributed by atoms with Crippen LogP contribution in [0.5, 0.6) is 0 Å². The van der Waals surface area contributed by atoms with Crippen molar-refractivity contribution in [3.05, 3.63) is 65.2 Å². The molecule has 0 heterocycles. The van der Waals surface area contributed by atoms with Crippen molar-refractivity contribution < 1.29 is 0 Å². The van der Waals surface area contributed by atoms with E-state index in [0.29, 0.717) is 16.8 Å². The van der Waals surface area contributed by atoms with E-state index in [4.69, 9.17) is 17.0 Å². The normalized spacial score (nSPS) is 18.3. The number of amidine groups is 1. The fraction of sp³-hybridized carbons (Fsp3) is 0.188. The fourth-order valence-electron chi connectivity index (χ4n) is 2.10. The molecule has 0 saturated carbocycles. The van der Waals surface area contributed by atoms with Gasteiger partial charge in [-0.1, -0.05) is 49.4 Å². The van der Waals surface area contributed by atoms with Gasteiger partial charge in [-0.15, -0.1) is 0 Å². The molecule has 2 rings (SSSR count). The summed E-state index contributed by atoms with van der Waals surface area (Å²) < 4.78 is 0. The summed E-state index contributed by atoms with van der Waals surface area (Å²) in [5.74, 6) is 0.855. The number of hydrogen-bond donors (Lipinski definition) is 2. The smallest absolute Gasteiger partial charge is 0.126 e. The molecule has 2 nitrogen and oxygen atoms in total. The molecule has 1 aromatic carbocycles. The van der Waals surface area contributed by atoms with Gasteiger partial charge < -0.3 is 5.32 Å². The third kappa shape index (κ3) is 3.36. The summed E-state index contributed by atoms with van der Waals surface area (Å²) in [7, 11) is 0. The van der Waals surface area contributed by atoms with Gasteiger partial charge in [0, 0.05) is 16.3 Å². The Morgan fingerprint density at radius 3 is 3.00 bits per heavy atom. The molecule has 0 radical (unpaired) electrons. The van der Waals surface area contributed by atoms with Crippen molar-refractivity contribution in [3.63, 3.8) is 0 Å². The Hall–Kier alpha value is -1.80. The Morgan fingerprint density at radius 2 is 2.32 bits per heavy atom. The van der Waals surface area contributed by atoms with E-state index in [9.17, 15) is 0 Å². The molecule has 3 heteroatoms. The second kappa shape index (κ2) is 5.89. The first-order chi connectivity index (χ1) is 9.10. The van der Waals surface area contributed by atoms with Crippen LogP contribution in [0, 0.1) is 11.3 Å². The predicted molar refractivity (Wildman–Crippen MR) is 82.9 cm³/mol. The van der Waals surface area contributed by atoms with Gasteiger partial charge in [-0.05, 0) is 36.1 Å². The summed E-state index contributed by atoms with van der Waals surface area (Å²) >= 11 is 5.94. The van der Waals surface area contributed by atoms with Crippen LogP contribution in [-0.2, 0) is 0 Å². The molecular formula is C16H17ClN2. The highest BCUT2D eigenvalue weighted by molar-refractivity contribution is 6.31. The second-order valence-electron chi connectivity index (χ2n) is 4.69. The lowest BCUT2D eigenvalue weighted by Crippen LogP contribution is -2.18. The average molecular weight is 273 g/mol. The Labute approximate surface area is 119 Å². The Balaban J connectivity index is 2.21. The maximum atomic E-state index is 8.22. The Morgan fingerprint density at radius 1 is 1.53 bits per heavy atom. The summed E-state index contributed by atoms with van der Waals surface area (Å²) in [6.07, 6.45) is 6.83. The summed E-state index contributed by atoms with van der Waals surface area (Å²) in [6.45, 7) is 5.95.